The molecular weight excluding hydrogens is 580 g/mol. The number of carbonyl (C=O) groups excluding carboxylic acids is 2. The Labute approximate surface area is 247 Å². The molecule has 0 atom stereocenters. The minimum atomic E-state index is -3.63. The third kappa shape index (κ3) is 5.81. The van der Waals surface area contributed by atoms with E-state index in [0.717, 1.165) is 11.1 Å². The fourth-order valence-electron chi connectivity index (χ4n) is 5.83. The molecule has 1 saturated heterocycles. The number of morpholine rings is 1. The Kier molecular flexibility index (Phi) is 7.39. The zero-order chi connectivity index (χ0) is 30.5. The second kappa shape index (κ2) is 10.8. The second-order valence-electron chi connectivity index (χ2n) is 11.8. The van der Waals surface area contributed by atoms with E-state index < -0.39 is 51.4 Å². The molecule has 1 amide bonds. The number of Topliss-reactive ketones (excluding diaryl/α,β-unsaturated/α-hetero) is 1. The summed E-state index contributed by atoms with van der Waals surface area (Å²) in [4.78, 5) is 26.9. The number of hydrogen-bond donors (Lipinski definition) is 1. The number of alkyl halides is 2. The molecule has 2 aromatic carbocycles. The van der Waals surface area contributed by atoms with Gasteiger partial charge in [-0.25, -0.2) is 17.2 Å². The van der Waals surface area contributed by atoms with Crippen molar-refractivity contribution in [3.05, 3.63) is 54.3 Å². The highest BCUT2D eigenvalue weighted by atomic mass is 32.2. The number of furan rings is 1. The number of nitriles is 1. The molecule has 0 bridgehead atoms. The maximum atomic E-state index is 14.0. The summed E-state index contributed by atoms with van der Waals surface area (Å²) in [7, 11) is -3.63. The van der Waals surface area contributed by atoms with Crippen molar-refractivity contribution in [2.45, 2.75) is 61.3 Å². The van der Waals surface area contributed by atoms with Crippen LogP contribution in [-0.2, 0) is 19.6 Å². The first-order valence-electron chi connectivity index (χ1n) is 14.3. The van der Waals surface area contributed by atoms with Crippen molar-refractivity contribution in [3.63, 3.8) is 0 Å². The van der Waals surface area contributed by atoms with Gasteiger partial charge in [0, 0.05) is 37.7 Å². The van der Waals surface area contributed by atoms with Crippen LogP contribution in [0.1, 0.15) is 55.5 Å². The Bertz CT molecular complexity index is 1710. The van der Waals surface area contributed by atoms with Gasteiger partial charge < -0.3 is 14.5 Å². The number of nitrogens with one attached hydrogen (secondary N) is 1. The predicted octanol–water partition coefficient (Wildman–Crippen LogP) is 5.06. The molecule has 0 radical (unpaired) electrons. The van der Waals surface area contributed by atoms with Crippen LogP contribution >= 0.6 is 0 Å². The number of amides is 1. The van der Waals surface area contributed by atoms with Crippen molar-refractivity contribution in [2.24, 2.45) is 5.41 Å². The first-order valence-corrected chi connectivity index (χ1v) is 15.8. The predicted molar refractivity (Wildman–Crippen MR) is 152 cm³/mol. The summed E-state index contributed by atoms with van der Waals surface area (Å²) in [6, 6.07) is 15.5. The van der Waals surface area contributed by atoms with E-state index in [2.05, 4.69) is 11.4 Å². The van der Waals surface area contributed by atoms with Gasteiger partial charge in [-0.15, -0.1) is 0 Å². The van der Waals surface area contributed by atoms with E-state index in [1.165, 1.54) is 10.4 Å². The van der Waals surface area contributed by atoms with Crippen LogP contribution in [0.15, 0.2) is 57.8 Å². The molecule has 6 rings (SSSR count). The number of fused-ring (bicyclic) bond motifs is 1. The van der Waals surface area contributed by atoms with Crippen LogP contribution in [0, 0.1) is 16.7 Å². The fraction of sp³-hybridized carbons (Fsp3) is 0.452. The highest BCUT2D eigenvalue weighted by Crippen LogP contribution is 2.50. The van der Waals surface area contributed by atoms with Crippen LogP contribution in [0.4, 0.5) is 8.78 Å². The third-order valence-corrected chi connectivity index (χ3v) is 10.8. The Balaban J connectivity index is 1.21. The van der Waals surface area contributed by atoms with Crippen LogP contribution in [0.2, 0.25) is 0 Å². The van der Waals surface area contributed by atoms with E-state index in [9.17, 15) is 32.0 Å². The lowest BCUT2D eigenvalue weighted by atomic mass is 9.74. The van der Waals surface area contributed by atoms with Crippen molar-refractivity contribution in [3.8, 4) is 17.2 Å². The van der Waals surface area contributed by atoms with Crippen LogP contribution in [0.3, 0.4) is 0 Å². The lowest BCUT2D eigenvalue weighted by molar-refractivity contribution is -0.131. The zero-order valence-electron chi connectivity index (χ0n) is 23.4. The van der Waals surface area contributed by atoms with Gasteiger partial charge in [-0.2, -0.15) is 9.57 Å². The van der Waals surface area contributed by atoms with Gasteiger partial charge in [-0.3, -0.25) is 9.59 Å². The van der Waals surface area contributed by atoms with E-state index in [1.54, 1.807) is 36.4 Å². The van der Waals surface area contributed by atoms with Crippen molar-refractivity contribution in [1.29, 1.82) is 5.26 Å². The lowest BCUT2D eigenvalue weighted by Crippen LogP contribution is -2.58. The van der Waals surface area contributed by atoms with Gasteiger partial charge in [0.1, 0.15) is 5.58 Å². The molecule has 1 N–H and O–H groups in total. The maximum Gasteiger partial charge on any atom is 0.287 e. The number of benzene rings is 2. The molecule has 9 nitrogen and oxygen atoms in total. The largest absolute Gasteiger partial charge is 0.451 e. The summed E-state index contributed by atoms with van der Waals surface area (Å²) in [5.41, 5.74) is -0.390. The summed E-state index contributed by atoms with van der Waals surface area (Å²) in [5.74, 6) is -4.06. The van der Waals surface area contributed by atoms with E-state index in [0.29, 0.717) is 50.1 Å². The first kappa shape index (κ1) is 29.4. The quantitative estimate of drug-likeness (QED) is 0.377. The molecule has 0 unspecified atom stereocenters. The Morgan fingerprint density at radius 3 is 2.21 bits per heavy atom. The first-order chi connectivity index (χ1) is 20.4. The molecule has 2 aliphatic carbocycles. The molecular formula is C31H31F2N3O6S. The van der Waals surface area contributed by atoms with Gasteiger partial charge in [0.05, 0.1) is 35.1 Å². The number of carbonyl (C=O) groups is 2. The standard InChI is InChI=1S/C31H31F2N3O6S/c32-31(33)11-9-30(10-12-31,27(37)19-29(20-34)7-8-29)35-28(38)26-18-23-2-1-22(17-25(23)42-26)21-3-5-24(6-4-21)43(39,40)36-13-15-41-16-14-36/h1-6,17-18H,7-16,19H2,(H,35,38). The summed E-state index contributed by atoms with van der Waals surface area (Å²) < 4.78 is 66.5. The number of hydrogen-bond acceptors (Lipinski definition) is 7. The van der Waals surface area contributed by atoms with Crippen molar-refractivity contribution in [2.75, 3.05) is 26.3 Å². The highest BCUT2D eigenvalue weighted by molar-refractivity contribution is 7.89. The van der Waals surface area contributed by atoms with E-state index in [-0.39, 0.29) is 29.9 Å². The van der Waals surface area contributed by atoms with Crippen LogP contribution < -0.4 is 5.32 Å². The molecule has 1 aliphatic heterocycles. The van der Waals surface area contributed by atoms with Crippen molar-refractivity contribution in [1.82, 2.24) is 9.62 Å². The second-order valence-corrected chi connectivity index (χ2v) is 13.7. The lowest BCUT2D eigenvalue weighted by Gasteiger charge is -2.39. The third-order valence-electron chi connectivity index (χ3n) is 8.85. The number of ether oxygens (including phenoxy) is 1. The SMILES string of the molecule is N#CC1(CC(=O)C2(NC(=O)c3cc4ccc(-c5ccc(S(=O)(=O)N6CCOCC6)cc5)cc4o3)CCC(F)(F)CC2)CC1. The molecule has 3 fully saturated rings. The summed E-state index contributed by atoms with van der Waals surface area (Å²) >= 11 is 0. The summed E-state index contributed by atoms with van der Waals surface area (Å²) in [5, 5.41) is 12.8. The van der Waals surface area contributed by atoms with Crippen molar-refractivity contribution >= 4 is 32.7 Å². The molecule has 3 aromatic rings. The molecule has 2 saturated carbocycles. The summed E-state index contributed by atoms with van der Waals surface area (Å²) in [6.45, 7) is 1.32. The highest BCUT2D eigenvalue weighted by Gasteiger charge is 2.53. The van der Waals surface area contributed by atoms with Gasteiger partial charge >= 0.3 is 0 Å². The van der Waals surface area contributed by atoms with Crippen LogP contribution in [-0.4, -0.2) is 62.2 Å². The molecule has 43 heavy (non-hydrogen) atoms. The molecule has 12 heteroatoms. The van der Waals surface area contributed by atoms with Crippen LogP contribution in [0.25, 0.3) is 22.1 Å². The van der Waals surface area contributed by atoms with Gasteiger partial charge in [-0.1, -0.05) is 24.3 Å². The van der Waals surface area contributed by atoms with E-state index in [4.69, 9.17) is 9.15 Å². The molecule has 226 valence electrons. The fourth-order valence-corrected chi connectivity index (χ4v) is 7.24. The van der Waals surface area contributed by atoms with Gasteiger partial charge in [0.25, 0.3) is 5.91 Å². The van der Waals surface area contributed by atoms with E-state index >= 15 is 0 Å². The monoisotopic (exact) mass is 611 g/mol. The molecule has 3 aliphatic rings. The Morgan fingerprint density at radius 2 is 1.58 bits per heavy atom. The molecule has 2 heterocycles. The van der Waals surface area contributed by atoms with Gasteiger partial charge in [0.2, 0.25) is 15.9 Å². The zero-order valence-corrected chi connectivity index (χ0v) is 24.2. The minimum absolute atomic E-state index is 0.0648. The number of halogens is 2. The molecule has 1 aromatic heterocycles. The van der Waals surface area contributed by atoms with Crippen LogP contribution in [0.5, 0.6) is 0 Å². The van der Waals surface area contributed by atoms with E-state index in [1.807, 2.05) is 6.07 Å². The maximum absolute atomic E-state index is 14.0. The number of rotatable bonds is 8. The average molecular weight is 612 g/mol. The normalized spacial score (nSPS) is 21.1. The summed E-state index contributed by atoms with van der Waals surface area (Å²) in [6.07, 6.45) is -0.419. The number of ketones is 1. The Hall–Kier alpha value is -3.66. The number of sulfonamides is 1. The minimum Gasteiger partial charge on any atom is -0.451 e. The van der Waals surface area contributed by atoms with Crippen molar-refractivity contribution < 1.29 is 35.9 Å². The number of nitrogens with zero attached hydrogens (tertiary/aromatic N) is 2. The average Bonchev–Trinajstić information content (AvgIpc) is 3.65. The van der Waals surface area contributed by atoms with Gasteiger partial charge in [0.15, 0.2) is 11.5 Å². The topological polar surface area (TPSA) is 130 Å². The molecule has 0 spiro atoms. The van der Waals surface area contributed by atoms with Gasteiger partial charge in [-0.05, 0) is 61.1 Å². The Morgan fingerprint density at radius 1 is 0.930 bits per heavy atom. The smallest absolute Gasteiger partial charge is 0.287 e.